The van der Waals surface area contributed by atoms with Crippen LogP contribution in [0.2, 0.25) is 0 Å². The predicted molar refractivity (Wildman–Crippen MR) is 61.3 cm³/mol. The molecule has 1 aromatic heterocycles. The van der Waals surface area contributed by atoms with Crippen LogP contribution in [0.25, 0.3) is 11.3 Å². The van der Waals surface area contributed by atoms with Crippen LogP contribution in [-0.2, 0) is 6.18 Å². The minimum Gasteiger partial charge on any atom is -0.381 e. The molecule has 8 heteroatoms. The third kappa shape index (κ3) is 2.56. The molecule has 2 aromatic rings. The second kappa shape index (κ2) is 4.38. The Morgan fingerprint density at radius 2 is 1.53 bits per heavy atom. The number of benzene rings is 1. The molecule has 100 valence electrons. The third-order valence-electron chi connectivity index (χ3n) is 2.38. The summed E-state index contributed by atoms with van der Waals surface area (Å²) in [5, 5.41) is 0. The van der Waals surface area contributed by atoms with Crippen molar-refractivity contribution >= 4 is 11.8 Å². The van der Waals surface area contributed by atoms with E-state index in [0.717, 1.165) is 24.3 Å². The summed E-state index contributed by atoms with van der Waals surface area (Å²) >= 11 is 0. The molecule has 0 fully saturated rings. The van der Waals surface area contributed by atoms with Gasteiger partial charge in [-0.3, -0.25) is 0 Å². The Kier molecular flexibility index (Phi) is 3.01. The first kappa shape index (κ1) is 13.1. The van der Waals surface area contributed by atoms with E-state index in [1.807, 2.05) is 0 Å². The molecular weight excluding hydrogens is 264 g/mol. The fraction of sp³-hybridized carbons (Fsp3) is 0.0909. The average Bonchev–Trinajstić information content (AvgIpc) is 2.33. The lowest BCUT2D eigenvalue weighted by Gasteiger charge is -2.08. The number of anilines is 2. The highest BCUT2D eigenvalue weighted by Gasteiger charge is 2.30. The second-order valence-corrected chi connectivity index (χ2v) is 3.70. The number of halogens is 4. The number of nitrogen functional groups attached to an aromatic ring is 2. The number of nitrogens with zero attached hydrogens (tertiary/aromatic N) is 2. The average molecular weight is 272 g/mol. The quantitative estimate of drug-likeness (QED) is 0.782. The van der Waals surface area contributed by atoms with Crippen LogP contribution >= 0.6 is 0 Å². The van der Waals surface area contributed by atoms with E-state index >= 15 is 0 Å². The van der Waals surface area contributed by atoms with Crippen LogP contribution in [0.5, 0.6) is 0 Å². The third-order valence-corrected chi connectivity index (χ3v) is 2.38. The zero-order chi connectivity index (χ0) is 14.2. The Balaban J connectivity index is 2.49. The van der Waals surface area contributed by atoms with Crippen molar-refractivity contribution < 1.29 is 17.6 Å². The summed E-state index contributed by atoms with van der Waals surface area (Å²) in [6.45, 7) is 0. The van der Waals surface area contributed by atoms with Crippen LogP contribution in [0.1, 0.15) is 5.56 Å². The highest BCUT2D eigenvalue weighted by molar-refractivity contribution is 5.64. The van der Waals surface area contributed by atoms with E-state index in [0.29, 0.717) is 0 Å². The van der Waals surface area contributed by atoms with E-state index in [9.17, 15) is 17.6 Å². The van der Waals surface area contributed by atoms with Crippen molar-refractivity contribution in [1.29, 1.82) is 0 Å². The minimum absolute atomic E-state index is 0.131. The van der Waals surface area contributed by atoms with E-state index in [-0.39, 0.29) is 17.2 Å². The first-order valence-electron chi connectivity index (χ1n) is 5.05. The van der Waals surface area contributed by atoms with E-state index in [2.05, 4.69) is 9.97 Å². The summed E-state index contributed by atoms with van der Waals surface area (Å²) in [6, 6.07) is 3.83. The van der Waals surface area contributed by atoms with Crippen LogP contribution in [0.3, 0.4) is 0 Å². The molecule has 0 radical (unpaired) electrons. The highest BCUT2D eigenvalue weighted by atomic mass is 19.4. The Labute approximate surface area is 105 Å². The monoisotopic (exact) mass is 272 g/mol. The summed E-state index contributed by atoms with van der Waals surface area (Å²) in [6.07, 6.45) is -4.46. The molecule has 0 saturated heterocycles. The fourth-order valence-electron chi connectivity index (χ4n) is 1.49. The maximum atomic E-state index is 13.7. The largest absolute Gasteiger partial charge is 0.416 e. The summed E-state index contributed by atoms with van der Waals surface area (Å²) in [4.78, 5) is 7.03. The van der Waals surface area contributed by atoms with Crippen molar-refractivity contribution in [2.45, 2.75) is 6.18 Å². The van der Waals surface area contributed by atoms with E-state index in [4.69, 9.17) is 11.5 Å². The molecule has 4 nitrogen and oxygen atoms in total. The first-order chi connectivity index (χ1) is 8.79. The van der Waals surface area contributed by atoms with Gasteiger partial charge in [0.2, 0.25) is 5.95 Å². The molecule has 4 N–H and O–H groups in total. The number of aromatic nitrogens is 2. The molecule has 1 aromatic carbocycles. The smallest absolute Gasteiger partial charge is 0.381 e. The summed E-state index contributed by atoms with van der Waals surface area (Å²) in [7, 11) is 0. The molecule has 0 aliphatic rings. The maximum Gasteiger partial charge on any atom is 0.416 e. The van der Waals surface area contributed by atoms with Gasteiger partial charge < -0.3 is 11.5 Å². The minimum atomic E-state index is -4.46. The number of hydrogen-bond acceptors (Lipinski definition) is 4. The van der Waals surface area contributed by atoms with Gasteiger partial charge in [0, 0.05) is 5.56 Å². The molecule has 0 aliphatic heterocycles. The standard InChI is InChI=1S/C11H8F4N4/c12-7-8(18-10(17)19-9(7)16)5-1-3-6(4-2-5)11(13,14)15/h1-4H,(H4,16,17,18,19). The molecule has 0 spiro atoms. The molecule has 0 saturated carbocycles. The maximum absolute atomic E-state index is 13.7. The van der Waals surface area contributed by atoms with Gasteiger partial charge in [-0.2, -0.15) is 18.2 Å². The first-order valence-corrected chi connectivity index (χ1v) is 5.05. The van der Waals surface area contributed by atoms with Crippen LogP contribution in [0, 0.1) is 5.82 Å². The fourth-order valence-corrected chi connectivity index (χ4v) is 1.49. The van der Waals surface area contributed by atoms with Crippen LogP contribution in [0.4, 0.5) is 29.3 Å². The van der Waals surface area contributed by atoms with Gasteiger partial charge in [0.25, 0.3) is 0 Å². The highest BCUT2D eigenvalue weighted by Crippen LogP contribution is 2.31. The molecule has 1 heterocycles. The van der Waals surface area contributed by atoms with E-state index in [1.165, 1.54) is 0 Å². The van der Waals surface area contributed by atoms with Crippen molar-refractivity contribution in [1.82, 2.24) is 9.97 Å². The Morgan fingerprint density at radius 3 is 2.05 bits per heavy atom. The molecule has 19 heavy (non-hydrogen) atoms. The SMILES string of the molecule is Nc1nc(N)c(F)c(-c2ccc(C(F)(F)F)cc2)n1. The van der Waals surface area contributed by atoms with Crippen LogP contribution < -0.4 is 11.5 Å². The van der Waals surface area contributed by atoms with Gasteiger partial charge >= 0.3 is 6.18 Å². The van der Waals surface area contributed by atoms with Gasteiger partial charge in [0.15, 0.2) is 11.6 Å². The Bertz CT molecular complexity index is 607. The zero-order valence-corrected chi connectivity index (χ0v) is 9.37. The van der Waals surface area contributed by atoms with Crippen LogP contribution in [-0.4, -0.2) is 9.97 Å². The number of alkyl halides is 3. The number of rotatable bonds is 1. The lowest BCUT2D eigenvalue weighted by atomic mass is 10.1. The lowest BCUT2D eigenvalue weighted by molar-refractivity contribution is -0.137. The van der Waals surface area contributed by atoms with Crippen molar-refractivity contribution in [2.75, 3.05) is 11.5 Å². The lowest BCUT2D eigenvalue weighted by Crippen LogP contribution is -2.06. The molecular formula is C11H8F4N4. The number of nitrogens with two attached hydrogens (primary N) is 2. The molecule has 0 amide bonds. The van der Waals surface area contributed by atoms with Gasteiger partial charge in [0.1, 0.15) is 5.69 Å². The van der Waals surface area contributed by atoms with E-state index < -0.39 is 23.4 Å². The summed E-state index contributed by atoms with van der Waals surface area (Å²) in [5.74, 6) is -1.63. The van der Waals surface area contributed by atoms with Gasteiger partial charge in [-0.25, -0.2) is 9.37 Å². The van der Waals surface area contributed by atoms with Gasteiger partial charge in [-0.1, -0.05) is 12.1 Å². The summed E-state index contributed by atoms with van der Waals surface area (Å²) in [5.41, 5.74) is 9.64. The Morgan fingerprint density at radius 1 is 0.947 bits per heavy atom. The predicted octanol–water partition coefficient (Wildman–Crippen LogP) is 2.47. The van der Waals surface area contributed by atoms with Crippen molar-refractivity contribution in [3.05, 3.63) is 35.6 Å². The second-order valence-electron chi connectivity index (χ2n) is 3.70. The van der Waals surface area contributed by atoms with Gasteiger partial charge in [-0.15, -0.1) is 0 Å². The molecule has 0 unspecified atom stereocenters. The van der Waals surface area contributed by atoms with E-state index in [1.54, 1.807) is 0 Å². The Hall–Kier alpha value is -2.38. The van der Waals surface area contributed by atoms with Crippen molar-refractivity contribution in [3.8, 4) is 11.3 Å². The number of hydrogen-bond donors (Lipinski definition) is 2. The van der Waals surface area contributed by atoms with Crippen molar-refractivity contribution in [2.24, 2.45) is 0 Å². The molecule has 0 aliphatic carbocycles. The molecule has 0 atom stereocenters. The van der Waals surface area contributed by atoms with Gasteiger partial charge in [-0.05, 0) is 12.1 Å². The zero-order valence-electron chi connectivity index (χ0n) is 9.37. The topological polar surface area (TPSA) is 77.8 Å². The normalized spacial score (nSPS) is 11.6. The van der Waals surface area contributed by atoms with Crippen LogP contribution in [0.15, 0.2) is 24.3 Å². The van der Waals surface area contributed by atoms with Gasteiger partial charge in [0.05, 0.1) is 5.56 Å². The van der Waals surface area contributed by atoms with Crippen molar-refractivity contribution in [3.63, 3.8) is 0 Å². The molecule has 2 rings (SSSR count). The summed E-state index contributed by atoms with van der Waals surface area (Å²) < 4.78 is 50.8. The molecule has 0 bridgehead atoms.